The standard InChI is InChI=1S/C16H21ClN2O/c17-15-5-3-13(4-6-15)11-16(20)19-9-7-18(8-10-19)12-14-1-2-14/h3-6,14H,1-2,7-12H2. The second kappa shape index (κ2) is 6.15. The van der Waals surface area contributed by atoms with Crippen molar-refractivity contribution < 1.29 is 4.79 Å². The predicted octanol–water partition coefficient (Wildman–Crippen LogP) is 2.44. The summed E-state index contributed by atoms with van der Waals surface area (Å²) < 4.78 is 0. The molecule has 1 aromatic rings. The number of benzene rings is 1. The lowest BCUT2D eigenvalue weighted by atomic mass is 10.1. The number of carbonyl (C=O) groups is 1. The summed E-state index contributed by atoms with van der Waals surface area (Å²) >= 11 is 5.86. The smallest absolute Gasteiger partial charge is 0.227 e. The van der Waals surface area contributed by atoms with Gasteiger partial charge >= 0.3 is 0 Å². The minimum absolute atomic E-state index is 0.235. The van der Waals surface area contributed by atoms with Crippen molar-refractivity contribution in [3.05, 3.63) is 34.9 Å². The molecule has 1 aliphatic heterocycles. The zero-order valence-electron chi connectivity index (χ0n) is 11.7. The van der Waals surface area contributed by atoms with Crippen molar-refractivity contribution in [1.29, 1.82) is 0 Å². The van der Waals surface area contributed by atoms with E-state index in [2.05, 4.69) is 4.90 Å². The first-order valence-corrected chi connectivity index (χ1v) is 7.83. The van der Waals surface area contributed by atoms with Gasteiger partial charge in [0.15, 0.2) is 0 Å². The molecule has 1 saturated heterocycles. The lowest BCUT2D eigenvalue weighted by Crippen LogP contribution is -2.49. The first-order valence-electron chi connectivity index (χ1n) is 7.45. The second-order valence-corrected chi connectivity index (χ2v) is 6.36. The van der Waals surface area contributed by atoms with Crippen LogP contribution in [0.5, 0.6) is 0 Å². The molecule has 1 heterocycles. The Kier molecular flexibility index (Phi) is 4.27. The zero-order chi connectivity index (χ0) is 13.9. The van der Waals surface area contributed by atoms with Crippen molar-refractivity contribution in [2.24, 2.45) is 5.92 Å². The van der Waals surface area contributed by atoms with E-state index < -0.39 is 0 Å². The van der Waals surface area contributed by atoms with Gasteiger partial charge in [0.05, 0.1) is 6.42 Å². The fraction of sp³-hybridized carbons (Fsp3) is 0.562. The number of nitrogens with zero attached hydrogens (tertiary/aromatic N) is 2. The number of carbonyl (C=O) groups excluding carboxylic acids is 1. The Balaban J connectivity index is 1.47. The molecule has 3 nitrogen and oxygen atoms in total. The highest BCUT2D eigenvalue weighted by Gasteiger charge is 2.27. The summed E-state index contributed by atoms with van der Waals surface area (Å²) in [4.78, 5) is 16.8. The van der Waals surface area contributed by atoms with Gasteiger partial charge in [0.25, 0.3) is 0 Å². The fourth-order valence-corrected chi connectivity index (χ4v) is 2.86. The van der Waals surface area contributed by atoms with Crippen LogP contribution in [0.4, 0.5) is 0 Å². The molecule has 108 valence electrons. The molecule has 1 saturated carbocycles. The maximum absolute atomic E-state index is 12.3. The Morgan fingerprint density at radius 1 is 1.10 bits per heavy atom. The van der Waals surface area contributed by atoms with Gasteiger partial charge in [0, 0.05) is 37.7 Å². The summed E-state index contributed by atoms with van der Waals surface area (Å²) in [5.41, 5.74) is 1.04. The summed E-state index contributed by atoms with van der Waals surface area (Å²) in [5, 5.41) is 0.717. The Labute approximate surface area is 125 Å². The summed E-state index contributed by atoms with van der Waals surface area (Å²) in [7, 11) is 0. The van der Waals surface area contributed by atoms with E-state index in [1.54, 1.807) is 0 Å². The highest BCUT2D eigenvalue weighted by atomic mass is 35.5. The third-order valence-electron chi connectivity index (χ3n) is 4.21. The fourth-order valence-electron chi connectivity index (χ4n) is 2.73. The molecule has 1 aliphatic carbocycles. The molecule has 0 N–H and O–H groups in total. The maximum atomic E-state index is 12.3. The van der Waals surface area contributed by atoms with E-state index in [1.807, 2.05) is 29.2 Å². The third kappa shape index (κ3) is 3.74. The number of halogens is 1. The van der Waals surface area contributed by atoms with Gasteiger partial charge in [-0.15, -0.1) is 0 Å². The van der Waals surface area contributed by atoms with Crippen LogP contribution < -0.4 is 0 Å². The lowest BCUT2D eigenvalue weighted by molar-refractivity contribution is -0.132. The average molecular weight is 293 g/mol. The lowest BCUT2D eigenvalue weighted by Gasteiger charge is -2.34. The molecular formula is C16H21ClN2O. The Morgan fingerprint density at radius 3 is 2.35 bits per heavy atom. The monoisotopic (exact) mass is 292 g/mol. The van der Waals surface area contributed by atoms with Gasteiger partial charge in [0.2, 0.25) is 5.91 Å². The summed E-state index contributed by atoms with van der Waals surface area (Å²) in [5.74, 6) is 1.17. The summed E-state index contributed by atoms with van der Waals surface area (Å²) in [6.07, 6.45) is 3.28. The van der Waals surface area contributed by atoms with Gasteiger partial charge in [-0.05, 0) is 36.5 Å². The average Bonchev–Trinajstić information content (AvgIpc) is 3.26. The molecule has 0 unspecified atom stereocenters. The van der Waals surface area contributed by atoms with Gasteiger partial charge in [-0.1, -0.05) is 23.7 Å². The van der Waals surface area contributed by atoms with Crippen molar-refractivity contribution in [2.45, 2.75) is 19.3 Å². The number of piperazine rings is 1. The van der Waals surface area contributed by atoms with Crippen LogP contribution in [0, 0.1) is 5.92 Å². The third-order valence-corrected chi connectivity index (χ3v) is 4.46. The van der Waals surface area contributed by atoms with Crippen molar-refractivity contribution in [3.63, 3.8) is 0 Å². The molecule has 1 amide bonds. The van der Waals surface area contributed by atoms with Gasteiger partial charge in [-0.25, -0.2) is 0 Å². The zero-order valence-corrected chi connectivity index (χ0v) is 12.5. The minimum atomic E-state index is 0.235. The molecule has 1 aromatic carbocycles. The molecule has 3 rings (SSSR count). The first-order chi connectivity index (χ1) is 9.70. The molecule has 4 heteroatoms. The molecule has 0 aromatic heterocycles. The van der Waals surface area contributed by atoms with E-state index in [0.717, 1.165) is 42.7 Å². The van der Waals surface area contributed by atoms with Crippen LogP contribution in [0.2, 0.25) is 5.02 Å². The quantitative estimate of drug-likeness (QED) is 0.851. The van der Waals surface area contributed by atoms with E-state index in [0.29, 0.717) is 6.42 Å². The van der Waals surface area contributed by atoms with Gasteiger partial charge in [-0.3, -0.25) is 9.69 Å². The molecule has 20 heavy (non-hydrogen) atoms. The molecular weight excluding hydrogens is 272 g/mol. The minimum Gasteiger partial charge on any atom is -0.340 e. The second-order valence-electron chi connectivity index (χ2n) is 5.93. The number of amides is 1. The highest BCUT2D eigenvalue weighted by molar-refractivity contribution is 6.30. The van der Waals surface area contributed by atoms with Gasteiger partial charge in [0.1, 0.15) is 0 Å². The van der Waals surface area contributed by atoms with Gasteiger partial charge < -0.3 is 4.90 Å². The van der Waals surface area contributed by atoms with Crippen LogP contribution in [0.15, 0.2) is 24.3 Å². The van der Waals surface area contributed by atoms with Crippen molar-refractivity contribution >= 4 is 17.5 Å². The van der Waals surface area contributed by atoms with Crippen LogP contribution in [0.3, 0.4) is 0 Å². The number of rotatable bonds is 4. The molecule has 0 spiro atoms. The normalized spacial score (nSPS) is 20.1. The van der Waals surface area contributed by atoms with E-state index in [4.69, 9.17) is 11.6 Å². The van der Waals surface area contributed by atoms with Crippen LogP contribution in [-0.4, -0.2) is 48.4 Å². The number of hydrogen-bond acceptors (Lipinski definition) is 2. The first kappa shape index (κ1) is 13.9. The van der Waals surface area contributed by atoms with Gasteiger partial charge in [-0.2, -0.15) is 0 Å². The van der Waals surface area contributed by atoms with Crippen LogP contribution in [-0.2, 0) is 11.2 Å². The van der Waals surface area contributed by atoms with E-state index in [9.17, 15) is 4.79 Å². The van der Waals surface area contributed by atoms with Crippen LogP contribution in [0.1, 0.15) is 18.4 Å². The summed E-state index contributed by atoms with van der Waals surface area (Å²) in [6.45, 7) is 5.04. The van der Waals surface area contributed by atoms with Crippen molar-refractivity contribution in [2.75, 3.05) is 32.7 Å². The predicted molar refractivity (Wildman–Crippen MR) is 80.9 cm³/mol. The van der Waals surface area contributed by atoms with Crippen molar-refractivity contribution in [1.82, 2.24) is 9.80 Å². The summed E-state index contributed by atoms with van der Waals surface area (Å²) in [6, 6.07) is 7.56. The van der Waals surface area contributed by atoms with E-state index in [-0.39, 0.29) is 5.91 Å². The Bertz CT molecular complexity index is 462. The molecule has 0 atom stereocenters. The topological polar surface area (TPSA) is 23.6 Å². The SMILES string of the molecule is O=C(Cc1ccc(Cl)cc1)N1CCN(CC2CC2)CC1. The molecule has 0 radical (unpaired) electrons. The highest BCUT2D eigenvalue weighted by Crippen LogP contribution is 2.29. The van der Waals surface area contributed by atoms with Crippen LogP contribution >= 0.6 is 11.6 Å². The van der Waals surface area contributed by atoms with E-state index in [1.165, 1.54) is 19.4 Å². The maximum Gasteiger partial charge on any atom is 0.227 e. The molecule has 2 fully saturated rings. The molecule has 0 bridgehead atoms. The van der Waals surface area contributed by atoms with Crippen molar-refractivity contribution in [3.8, 4) is 0 Å². The molecule has 2 aliphatic rings. The largest absolute Gasteiger partial charge is 0.340 e. The Morgan fingerprint density at radius 2 is 1.75 bits per heavy atom. The van der Waals surface area contributed by atoms with E-state index >= 15 is 0 Å². The number of hydrogen-bond donors (Lipinski definition) is 0. The Hall–Kier alpha value is -1.06. The van der Waals surface area contributed by atoms with Crippen LogP contribution in [0.25, 0.3) is 0 Å².